The molecular formula is C21H39IN6. The molecular weight excluding hydrogens is 463 g/mol. The Morgan fingerprint density at radius 3 is 2.64 bits per heavy atom. The molecule has 0 aromatic heterocycles. The van der Waals surface area contributed by atoms with Crippen molar-refractivity contribution in [2.45, 2.75) is 20.3 Å². The molecule has 6 nitrogen and oxygen atoms in total. The summed E-state index contributed by atoms with van der Waals surface area (Å²) in [6, 6.07) is 8.70. The quantitative estimate of drug-likeness (QED) is 0.325. The highest BCUT2D eigenvalue weighted by atomic mass is 127. The minimum atomic E-state index is 0. The lowest BCUT2D eigenvalue weighted by molar-refractivity contribution is 0.280. The van der Waals surface area contributed by atoms with Gasteiger partial charge in [0.15, 0.2) is 5.96 Å². The minimum Gasteiger partial charge on any atom is -0.370 e. The van der Waals surface area contributed by atoms with Crippen molar-refractivity contribution in [3.63, 3.8) is 0 Å². The Morgan fingerprint density at radius 2 is 1.93 bits per heavy atom. The third-order valence-corrected chi connectivity index (χ3v) is 5.18. The van der Waals surface area contributed by atoms with Gasteiger partial charge in [0, 0.05) is 58.5 Å². The first-order valence-corrected chi connectivity index (χ1v) is 10.3. The van der Waals surface area contributed by atoms with E-state index in [0.717, 1.165) is 45.2 Å². The Morgan fingerprint density at radius 1 is 1.14 bits per heavy atom. The number of hydrogen-bond acceptors (Lipinski definition) is 4. The molecule has 0 aliphatic carbocycles. The van der Waals surface area contributed by atoms with E-state index in [2.05, 4.69) is 75.5 Å². The van der Waals surface area contributed by atoms with Crippen LogP contribution in [0.5, 0.6) is 0 Å². The van der Waals surface area contributed by atoms with Gasteiger partial charge < -0.3 is 25.3 Å². The van der Waals surface area contributed by atoms with Crippen LogP contribution in [0.2, 0.25) is 0 Å². The van der Waals surface area contributed by atoms with Gasteiger partial charge in [0.25, 0.3) is 0 Å². The topological polar surface area (TPSA) is 46.1 Å². The zero-order valence-corrected chi connectivity index (χ0v) is 20.4. The first-order valence-electron chi connectivity index (χ1n) is 10.3. The number of aryl methyl sites for hydroxylation is 1. The average molecular weight is 502 g/mol. The van der Waals surface area contributed by atoms with Gasteiger partial charge in [0.2, 0.25) is 0 Å². The number of halogens is 1. The summed E-state index contributed by atoms with van der Waals surface area (Å²) in [5.74, 6) is 0.891. The molecule has 1 aromatic carbocycles. The van der Waals surface area contributed by atoms with Crippen LogP contribution in [0.3, 0.4) is 0 Å². The van der Waals surface area contributed by atoms with Crippen LogP contribution in [0.15, 0.2) is 29.3 Å². The zero-order valence-electron chi connectivity index (χ0n) is 18.1. The van der Waals surface area contributed by atoms with Crippen LogP contribution in [-0.2, 0) is 0 Å². The lowest BCUT2D eigenvalue weighted by Crippen LogP contribution is -2.44. The molecule has 2 rings (SSSR count). The number of hydrogen-bond donors (Lipinski definition) is 2. The van der Waals surface area contributed by atoms with Crippen LogP contribution in [-0.4, -0.2) is 88.8 Å². The molecule has 0 bridgehead atoms. The SMILES string of the molecule is CCN(CCNC(=NC)NCCN1CCCN(C)CC1)c1cccc(C)c1.I. The molecule has 0 saturated carbocycles. The summed E-state index contributed by atoms with van der Waals surface area (Å²) in [5.41, 5.74) is 2.59. The van der Waals surface area contributed by atoms with E-state index in [-0.39, 0.29) is 24.0 Å². The van der Waals surface area contributed by atoms with Crippen molar-refractivity contribution in [3.05, 3.63) is 29.8 Å². The number of aliphatic imine (C=N–C) groups is 1. The van der Waals surface area contributed by atoms with Gasteiger partial charge in [0.1, 0.15) is 0 Å². The van der Waals surface area contributed by atoms with Crippen molar-refractivity contribution >= 4 is 35.6 Å². The molecule has 0 atom stereocenters. The third-order valence-electron chi connectivity index (χ3n) is 5.18. The van der Waals surface area contributed by atoms with Gasteiger partial charge in [-0.2, -0.15) is 0 Å². The van der Waals surface area contributed by atoms with Gasteiger partial charge >= 0.3 is 0 Å². The Hall–Kier alpha value is -1.06. The summed E-state index contributed by atoms with van der Waals surface area (Å²) in [7, 11) is 4.05. The summed E-state index contributed by atoms with van der Waals surface area (Å²) in [4.78, 5) is 11.7. The van der Waals surface area contributed by atoms with Crippen LogP contribution < -0.4 is 15.5 Å². The van der Waals surface area contributed by atoms with Crippen molar-refractivity contribution in [1.29, 1.82) is 0 Å². The lowest BCUT2D eigenvalue weighted by Gasteiger charge is -2.24. The van der Waals surface area contributed by atoms with Crippen LogP contribution in [0.4, 0.5) is 5.69 Å². The van der Waals surface area contributed by atoms with Crippen molar-refractivity contribution in [3.8, 4) is 0 Å². The van der Waals surface area contributed by atoms with E-state index in [1.807, 2.05) is 7.05 Å². The second-order valence-corrected chi connectivity index (χ2v) is 7.34. The smallest absolute Gasteiger partial charge is 0.191 e. The zero-order chi connectivity index (χ0) is 19.5. The first kappa shape index (κ1) is 25.0. The Bertz CT molecular complexity index is 580. The summed E-state index contributed by atoms with van der Waals surface area (Å²) in [6.45, 7) is 13.9. The van der Waals surface area contributed by atoms with E-state index in [4.69, 9.17) is 0 Å². The highest BCUT2D eigenvalue weighted by Crippen LogP contribution is 2.14. The van der Waals surface area contributed by atoms with Crippen molar-refractivity contribution < 1.29 is 0 Å². The molecule has 0 unspecified atom stereocenters. The highest BCUT2D eigenvalue weighted by Gasteiger charge is 2.11. The van der Waals surface area contributed by atoms with E-state index in [1.165, 1.54) is 37.3 Å². The molecule has 1 aliphatic heterocycles. The van der Waals surface area contributed by atoms with Crippen molar-refractivity contribution in [2.75, 3.05) is 77.9 Å². The number of nitrogens with zero attached hydrogens (tertiary/aromatic N) is 4. The maximum absolute atomic E-state index is 4.36. The normalized spacial score (nSPS) is 16.2. The molecule has 1 fully saturated rings. The van der Waals surface area contributed by atoms with E-state index < -0.39 is 0 Å². The van der Waals surface area contributed by atoms with Crippen molar-refractivity contribution in [1.82, 2.24) is 20.4 Å². The Labute approximate surface area is 188 Å². The molecule has 7 heteroatoms. The summed E-state index contributed by atoms with van der Waals surface area (Å²) in [5, 5.41) is 6.90. The largest absolute Gasteiger partial charge is 0.370 e. The molecule has 0 radical (unpaired) electrons. The van der Waals surface area contributed by atoms with Crippen LogP contribution in [0, 0.1) is 6.92 Å². The lowest BCUT2D eigenvalue weighted by atomic mass is 10.2. The number of rotatable bonds is 8. The Balaban J connectivity index is 0.00000392. The maximum Gasteiger partial charge on any atom is 0.191 e. The fourth-order valence-corrected chi connectivity index (χ4v) is 3.48. The fraction of sp³-hybridized carbons (Fsp3) is 0.667. The number of anilines is 1. The molecule has 1 heterocycles. The van der Waals surface area contributed by atoms with Gasteiger partial charge in [0.05, 0.1) is 0 Å². The average Bonchev–Trinajstić information content (AvgIpc) is 2.88. The summed E-state index contributed by atoms with van der Waals surface area (Å²) >= 11 is 0. The van der Waals surface area contributed by atoms with Gasteiger partial charge in [-0.3, -0.25) is 4.99 Å². The molecule has 1 aliphatic rings. The van der Waals surface area contributed by atoms with E-state index in [0.29, 0.717) is 0 Å². The van der Waals surface area contributed by atoms with Crippen LogP contribution in [0.1, 0.15) is 18.9 Å². The molecule has 28 heavy (non-hydrogen) atoms. The minimum absolute atomic E-state index is 0. The van der Waals surface area contributed by atoms with Gasteiger partial charge in [-0.25, -0.2) is 0 Å². The molecule has 1 aromatic rings. The predicted molar refractivity (Wildman–Crippen MR) is 132 cm³/mol. The van der Waals surface area contributed by atoms with E-state index in [1.54, 1.807) is 0 Å². The monoisotopic (exact) mass is 502 g/mol. The first-order chi connectivity index (χ1) is 13.1. The van der Waals surface area contributed by atoms with Crippen LogP contribution >= 0.6 is 24.0 Å². The number of guanidine groups is 1. The standard InChI is InChI=1S/C21H38N6.HI/c1-5-27(20-9-6-8-19(2)18-20)15-11-24-21(22-3)23-10-14-26-13-7-12-25(4)16-17-26;/h6,8-9,18H,5,7,10-17H2,1-4H3,(H2,22,23,24);1H. The molecule has 1 saturated heterocycles. The van der Waals surface area contributed by atoms with Gasteiger partial charge in [-0.05, 0) is 58.1 Å². The second kappa shape index (κ2) is 14.0. The second-order valence-electron chi connectivity index (χ2n) is 7.34. The van der Waals surface area contributed by atoms with Crippen molar-refractivity contribution in [2.24, 2.45) is 4.99 Å². The van der Waals surface area contributed by atoms with Gasteiger partial charge in [-0.1, -0.05) is 12.1 Å². The molecule has 0 spiro atoms. The number of likely N-dealkylation sites (N-methyl/N-ethyl adjacent to an activating group) is 2. The molecule has 0 amide bonds. The summed E-state index contributed by atoms with van der Waals surface area (Å²) in [6.07, 6.45) is 1.26. The number of nitrogens with one attached hydrogen (secondary N) is 2. The van der Waals surface area contributed by atoms with E-state index in [9.17, 15) is 0 Å². The summed E-state index contributed by atoms with van der Waals surface area (Å²) < 4.78 is 0. The van der Waals surface area contributed by atoms with Crippen LogP contribution in [0.25, 0.3) is 0 Å². The third kappa shape index (κ3) is 8.96. The molecule has 160 valence electrons. The maximum atomic E-state index is 4.36. The van der Waals surface area contributed by atoms with Gasteiger partial charge in [-0.15, -0.1) is 24.0 Å². The predicted octanol–water partition coefficient (Wildman–Crippen LogP) is 2.24. The Kier molecular flexibility index (Phi) is 12.5. The number of benzene rings is 1. The highest BCUT2D eigenvalue weighted by molar-refractivity contribution is 14.0. The molecule has 2 N–H and O–H groups in total. The van der Waals surface area contributed by atoms with E-state index >= 15 is 0 Å². The fourth-order valence-electron chi connectivity index (χ4n) is 3.48.